The maximum atomic E-state index is 12.5. The highest BCUT2D eigenvalue weighted by molar-refractivity contribution is 7.99. The van der Waals surface area contributed by atoms with Crippen LogP contribution in [0.25, 0.3) is 22.4 Å². The predicted octanol–water partition coefficient (Wildman–Crippen LogP) is 4.21. The van der Waals surface area contributed by atoms with Crippen LogP contribution in [0.15, 0.2) is 63.0 Å². The van der Waals surface area contributed by atoms with E-state index in [1.165, 1.54) is 37.4 Å². The molecule has 4 rings (SSSR count). The van der Waals surface area contributed by atoms with Gasteiger partial charge in [-0.15, -0.1) is 0 Å². The zero-order valence-electron chi connectivity index (χ0n) is 20.2. The number of nitrogens with zero attached hydrogens (tertiary/aromatic N) is 2. The molecule has 11 nitrogen and oxygen atoms in total. The molecule has 0 atom stereocenters. The summed E-state index contributed by atoms with van der Waals surface area (Å²) >= 11 is 1.33. The molecule has 0 bridgehead atoms. The van der Waals surface area contributed by atoms with Gasteiger partial charge in [0, 0.05) is 23.0 Å². The van der Waals surface area contributed by atoms with E-state index in [4.69, 9.17) is 18.7 Å². The number of rotatable bonds is 9. The van der Waals surface area contributed by atoms with Gasteiger partial charge in [-0.05, 0) is 50.6 Å². The van der Waals surface area contributed by atoms with Gasteiger partial charge in [-0.1, -0.05) is 11.8 Å². The van der Waals surface area contributed by atoms with E-state index >= 15 is 0 Å². The Labute approximate surface area is 215 Å². The first-order chi connectivity index (χ1) is 17.6. The van der Waals surface area contributed by atoms with Crippen LogP contribution in [0.5, 0.6) is 5.75 Å². The molecule has 12 heteroatoms. The Balaban J connectivity index is 1.31. The minimum atomic E-state index is -1.04. The number of amides is 2. The van der Waals surface area contributed by atoms with Crippen molar-refractivity contribution in [1.29, 1.82) is 0 Å². The average Bonchev–Trinajstić information content (AvgIpc) is 3.52. The Hall–Kier alpha value is -4.32. The molecule has 4 aromatic rings. The summed E-state index contributed by atoms with van der Waals surface area (Å²) in [6.07, 6.45) is 3.36. The van der Waals surface area contributed by atoms with Gasteiger partial charge in [0.1, 0.15) is 11.3 Å². The molecular weight excluding hydrogens is 500 g/mol. The van der Waals surface area contributed by atoms with E-state index in [9.17, 15) is 14.4 Å². The SMILES string of the molecule is COc1cc(NC(=O)C(=O)NC(C)(C)CCSc2nc3cc(C(=O)O)ccc3o2)ccc1-c1cnco1. The summed E-state index contributed by atoms with van der Waals surface area (Å²) < 4.78 is 16.3. The number of aromatic carboxylic acids is 1. The highest BCUT2D eigenvalue weighted by Crippen LogP contribution is 2.32. The monoisotopic (exact) mass is 524 g/mol. The first-order valence-electron chi connectivity index (χ1n) is 11.1. The van der Waals surface area contributed by atoms with Crippen LogP contribution in [-0.2, 0) is 9.59 Å². The molecule has 2 amide bonds. The molecule has 0 aliphatic heterocycles. The van der Waals surface area contributed by atoms with Gasteiger partial charge in [-0.3, -0.25) is 9.59 Å². The molecule has 0 radical (unpaired) electrons. The number of ether oxygens (including phenoxy) is 1. The minimum absolute atomic E-state index is 0.128. The molecule has 0 saturated heterocycles. The highest BCUT2D eigenvalue weighted by atomic mass is 32.2. The highest BCUT2D eigenvalue weighted by Gasteiger charge is 2.25. The lowest BCUT2D eigenvalue weighted by molar-refractivity contribution is -0.137. The molecule has 192 valence electrons. The Kier molecular flexibility index (Phi) is 7.48. The smallest absolute Gasteiger partial charge is 0.335 e. The molecule has 2 heterocycles. The van der Waals surface area contributed by atoms with E-state index in [0.29, 0.717) is 51.3 Å². The molecular formula is C25H24N4O7S. The fourth-order valence-corrected chi connectivity index (χ4v) is 4.53. The number of hydrogen-bond donors (Lipinski definition) is 3. The van der Waals surface area contributed by atoms with Gasteiger partial charge in [0.05, 0.1) is 24.4 Å². The Morgan fingerprint density at radius 2 is 1.95 bits per heavy atom. The van der Waals surface area contributed by atoms with Gasteiger partial charge in [0.25, 0.3) is 5.22 Å². The van der Waals surface area contributed by atoms with Crippen LogP contribution in [0.2, 0.25) is 0 Å². The lowest BCUT2D eigenvalue weighted by Gasteiger charge is -2.25. The number of carboxylic acids is 1. The Morgan fingerprint density at radius 3 is 2.65 bits per heavy atom. The van der Waals surface area contributed by atoms with Crippen LogP contribution >= 0.6 is 11.8 Å². The number of methoxy groups -OCH3 is 1. The number of oxazole rings is 2. The number of hydrogen-bond acceptors (Lipinski definition) is 9. The molecule has 0 aliphatic rings. The van der Waals surface area contributed by atoms with Gasteiger partial charge in [0.2, 0.25) is 0 Å². The van der Waals surface area contributed by atoms with Gasteiger partial charge >= 0.3 is 17.8 Å². The van der Waals surface area contributed by atoms with E-state index in [1.54, 1.807) is 44.3 Å². The normalized spacial score (nSPS) is 11.3. The van der Waals surface area contributed by atoms with Crippen molar-refractivity contribution >= 4 is 46.3 Å². The first-order valence-corrected chi connectivity index (χ1v) is 12.1. The molecule has 2 aromatic carbocycles. The number of anilines is 1. The van der Waals surface area contributed by atoms with E-state index in [-0.39, 0.29) is 5.56 Å². The number of carbonyl (C=O) groups is 3. The first kappa shape index (κ1) is 25.8. The van der Waals surface area contributed by atoms with E-state index in [1.807, 2.05) is 0 Å². The van der Waals surface area contributed by atoms with E-state index in [2.05, 4.69) is 20.6 Å². The largest absolute Gasteiger partial charge is 0.496 e. The third-order valence-corrected chi connectivity index (χ3v) is 6.21. The van der Waals surface area contributed by atoms with Gasteiger partial charge < -0.3 is 29.3 Å². The summed E-state index contributed by atoms with van der Waals surface area (Å²) in [7, 11) is 1.49. The second-order valence-corrected chi connectivity index (χ2v) is 9.68. The van der Waals surface area contributed by atoms with Crippen molar-refractivity contribution in [3.8, 4) is 17.1 Å². The summed E-state index contributed by atoms with van der Waals surface area (Å²) in [6, 6.07) is 9.39. The number of aromatic nitrogens is 2. The number of carboxylic acid groups (broad SMARTS) is 1. The number of thioether (sulfide) groups is 1. The standard InChI is InChI=1S/C25H24N4O7S/c1-25(2,8-9-37-24-28-17-10-14(23(32)33)4-7-18(17)36-24)29-22(31)21(30)27-15-5-6-16(19(11-15)34-3)20-12-26-13-35-20/h4-7,10-13H,8-9H2,1-3H3,(H,27,30)(H,29,31)(H,32,33). The second-order valence-electron chi connectivity index (χ2n) is 8.64. The van der Waals surface area contributed by atoms with Crippen molar-refractivity contribution in [3.63, 3.8) is 0 Å². The van der Waals surface area contributed by atoms with Crippen LogP contribution in [0, 0.1) is 0 Å². The summed E-state index contributed by atoms with van der Waals surface area (Å²) in [5.41, 5.74) is 1.42. The molecule has 0 aliphatic carbocycles. The van der Waals surface area contributed by atoms with Crippen molar-refractivity contribution < 1.29 is 33.1 Å². The predicted molar refractivity (Wildman–Crippen MR) is 136 cm³/mol. The summed E-state index contributed by atoms with van der Waals surface area (Å²) in [4.78, 5) is 44.4. The van der Waals surface area contributed by atoms with Crippen LogP contribution in [0.4, 0.5) is 5.69 Å². The molecule has 0 saturated carbocycles. The zero-order chi connectivity index (χ0) is 26.6. The lowest BCUT2D eigenvalue weighted by atomic mass is 10.0. The summed E-state index contributed by atoms with van der Waals surface area (Å²) in [5.74, 6) is -1.14. The van der Waals surface area contributed by atoms with Gasteiger partial charge in [-0.2, -0.15) is 0 Å². The molecule has 0 unspecified atom stereocenters. The molecule has 0 fully saturated rings. The van der Waals surface area contributed by atoms with E-state index in [0.717, 1.165) is 0 Å². The fraction of sp³-hybridized carbons (Fsp3) is 0.240. The van der Waals surface area contributed by atoms with Gasteiger partial charge in [0.15, 0.2) is 17.7 Å². The fourth-order valence-electron chi connectivity index (χ4n) is 3.43. The van der Waals surface area contributed by atoms with E-state index < -0.39 is 23.3 Å². The number of carbonyl (C=O) groups excluding carboxylic acids is 2. The van der Waals surface area contributed by atoms with Crippen LogP contribution in [0.3, 0.4) is 0 Å². The van der Waals surface area contributed by atoms with Crippen LogP contribution in [0.1, 0.15) is 30.6 Å². The van der Waals surface area contributed by atoms with Crippen molar-refractivity contribution in [3.05, 3.63) is 54.6 Å². The number of fused-ring (bicyclic) bond motifs is 1. The minimum Gasteiger partial charge on any atom is -0.496 e. The Bertz CT molecular complexity index is 1450. The zero-order valence-corrected chi connectivity index (χ0v) is 21.0. The maximum absolute atomic E-state index is 12.5. The van der Waals surface area contributed by atoms with Crippen molar-refractivity contribution in [2.45, 2.75) is 31.0 Å². The molecule has 37 heavy (non-hydrogen) atoms. The van der Waals surface area contributed by atoms with Crippen molar-refractivity contribution in [2.24, 2.45) is 0 Å². The van der Waals surface area contributed by atoms with Crippen molar-refractivity contribution in [2.75, 3.05) is 18.2 Å². The summed E-state index contributed by atoms with van der Waals surface area (Å²) in [6.45, 7) is 3.61. The lowest BCUT2D eigenvalue weighted by Crippen LogP contribution is -2.48. The molecule has 2 aromatic heterocycles. The number of benzene rings is 2. The van der Waals surface area contributed by atoms with Crippen molar-refractivity contribution in [1.82, 2.24) is 15.3 Å². The third kappa shape index (κ3) is 6.28. The van der Waals surface area contributed by atoms with Gasteiger partial charge in [-0.25, -0.2) is 14.8 Å². The Morgan fingerprint density at radius 1 is 1.14 bits per heavy atom. The molecule has 0 spiro atoms. The van der Waals surface area contributed by atoms with Crippen LogP contribution in [-0.4, -0.2) is 51.3 Å². The summed E-state index contributed by atoms with van der Waals surface area (Å²) in [5, 5.41) is 14.8. The third-order valence-electron chi connectivity index (χ3n) is 5.38. The second kappa shape index (κ2) is 10.7. The topological polar surface area (TPSA) is 157 Å². The number of nitrogens with one attached hydrogen (secondary N) is 2. The average molecular weight is 525 g/mol. The quantitative estimate of drug-likeness (QED) is 0.214. The maximum Gasteiger partial charge on any atom is 0.335 e. The van der Waals surface area contributed by atoms with Crippen LogP contribution < -0.4 is 15.4 Å². The molecule has 3 N–H and O–H groups in total.